The van der Waals surface area contributed by atoms with Crippen molar-refractivity contribution in [2.45, 2.75) is 25.9 Å². The first kappa shape index (κ1) is 10.7. The maximum absolute atomic E-state index is 3.43. The number of nitrogens with one attached hydrogen (secondary N) is 1. The summed E-state index contributed by atoms with van der Waals surface area (Å²) in [6, 6.07) is 11.9. The van der Waals surface area contributed by atoms with Gasteiger partial charge in [-0.3, -0.25) is 4.90 Å². The minimum absolute atomic E-state index is 0.531. The zero-order valence-corrected chi connectivity index (χ0v) is 9.61. The highest BCUT2D eigenvalue weighted by atomic mass is 15.2. The monoisotopic (exact) mass is 204 g/mol. The van der Waals surface area contributed by atoms with Gasteiger partial charge in [-0.05, 0) is 19.4 Å². The van der Waals surface area contributed by atoms with Crippen LogP contribution in [0.4, 0.5) is 0 Å². The summed E-state index contributed by atoms with van der Waals surface area (Å²) < 4.78 is 0. The Balaban J connectivity index is 2.09. The first-order valence-electron chi connectivity index (χ1n) is 5.80. The second kappa shape index (κ2) is 4.77. The first-order chi connectivity index (χ1) is 7.29. The Labute approximate surface area is 92.3 Å². The number of rotatable bonds is 2. The van der Waals surface area contributed by atoms with Crippen LogP contribution in [0, 0.1) is 0 Å². The molecule has 82 valence electrons. The molecule has 2 heteroatoms. The predicted molar refractivity (Wildman–Crippen MR) is 63.9 cm³/mol. The van der Waals surface area contributed by atoms with Crippen molar-refractivity contribution in [1.29, 1.82) is 0 Å². The molecular formula is C13H20N2. The van der Waals surface area contributed by atoms with E-state index in [1.54, 1.807) is 0 Å². The van der Waals surface area contributed by atoms with E-state index in [1.807, 2.05) is 0 Å². The highest BCUT2D eigenvalue weighted by Gasteiger charge is 2.23. The van der Waals surface area contributed by atoms with Crippen LogP contribution in [0.5, 0.6) is 0 Å². The second-order valence-corrected chi connectivity index (χ2v) is 4.38. The van der Waals surface area contributed by atoms with Gasteiger partial charge in [-0.1, -0.05) is 30.3 Å². The summed E-state index contributed by atoms with van der Waals surface area (Å²) in [5, 5.41) is 3.43. The zero-order valence-electron chi connectivity index (χ0n) is 9.61. The average Bonchev–Trinajstić information content (AvgIpc) is 2.30. The van der Waals surface area contributed by atoms with Gasteiger partial charge in [0.05, 0.1) is 0 Å². The van der Waals surface area contributed by atoms with Crippen molar-refractivity contribution in [3.8, 4) is 0 Å². The topological polar surface area (TPSA) is 15.3 Å². The number of benzene rings is 1. The van der Waals surface area contributed by atoms with Gasteiger partial charge in [-0.2, -0.15) is 0 Å². The van der Waals surface area contributed by atoms with Crippen molar-refractivity contribution in [2.24, 2.45) is 0 Å². The van der Waals surface area contributed by atoms with E-state index in [4.69, 9.17) is 0 Å². The molecule has 1 N–H and O–H groups in total. The molecule has 15 heavy (non-hydrogen) atoms. The normalized spacial score (nSPS) is 25.1. The smallest absolute Gasteiger partial charge is 0.0323 e. The van der Waals surface area contributed by atoms with Crippen molar-refractivity contribution in [1.82, 2.24) is 10.2 Å². The van der Waals surface area contributed by atoms with Gasteiger partial charge in [0.1, 0.15) is 0 Å². The third kappa shape index (κ3) is 2.39. The Morgan fingerprint density at radius 3 is 2.73 bits per heavy atom. The summed E-state index contributed by atoms with van der Waals surface area (Å²) in [7, 11) is 0. The van der Waals surface area contributed by atoms with Crippen LogP contribution >= 0.6 is 0 Å². The maximum Gasteiger partial charge on any atom is 0.0323 e. The van der Waals surface area contributed by atoms with Gasteiger partial charge in [-0.15, -0.1) is 0 Å². The van der Waals surface area contributed by atoms with Gasteiger partial charge in [0.2, 0.25) is 0 Å². The largest absolute Gasteiger partial charge is 0.314 e. The zero-order chi connectivity index (χ0) is 10.7. The minimum Gasteiger partial charge on any atom is -0.314 e. The van der Waals surface area contributed by atoms with E-state index in [2.05, 4.69) is 54.4 Å². The lowest BCUT2D eigenvalue weighted by molar-refractivity contribution is 0.126. The van der Waals surface area contributed by atoms with Gasteiger partial charge in [0, 0.05) is 31.7 Å². The third-order valence-corrected chi connectivity index (χ3v) is 3.33. The van der Waals surface area contributed by atoms with Crippen molar-refractivity contribution < 1.29 is 0 Å². The Hall–Kier alpha value is -0.860. The van der Waals surface area contributed by atoms with Gasteiger partial charge in [-0.25, -0.2) is 0 Å². The molecule has 0 saturated carbocycles. The number of nitrogens with zero attached hydrogens (tertiary/aromatic N) is 1. The number of hydrogen-bond acceptors (Lipinski definition) is 2. The van der Waals surface area contributed by atoms with Crippen molar-refractivity contribution in [3.05, 3.63) is 35.9 Å². The van der Waals surface area contributed by atoms with E-state index in [0.717, 1.165) is 19.6 Å². The average molecular weight is 204 g/mol. The van der Waals surface area contributed by atoms with Gasteiger partial charge in [0.25, 0.3) is 0 Å². The first-order valence-corrected chi connectivity index (χ1v) is 5.80. The molecule has 1 aromatic rings. The highest BCUT2D eigenvalue weighted by molar-refractivity contribution is 5.18. The number of piperazine rings is 1. The van der Waals surface area contributed by atoms with Crippen LogP contribution < -0.4 is 5.32 Å². The Morgan fingerprint density at radius 1 is 1.33 bits per heavy atom. The fourth-order valence-corrected chi connectivity index (χ4v) is 2.36. The molecule has 1 aromatic carbocycles. The molecule has 0 radical (unpaired) electrons. The van der Waals surface area contributed by atoms with Gasteiger partial charge >= 0.3 is 0 Å². The Kier molecular flexibility index (Phi) is 3.39. The van der Waals surface area contributed by atoms with Crippen LogP contribution in [-0.4, -0.2) is 30.6 Å². The Bertz CT molecular complexity index is 297. The van der Waals surface area contributed by atoms with Crippen molar-refractivity contribution in [3.63, 3.8) is 0 Å². The predicted octanol–water partition coefficient (Wildman–Crippen LogP) is 2.04. The molecule has 0 bridgehead atoms. The molecular weight excluding hydrogens is 184 g/mol. The lowest BCUT2D eigenvalue weighted by Gasteiger charge is -2.38. The lowest BCUT2D eigenvalue weighted by Crippen LogP contribution is -2.50. The molecule has 0 spiro atoms. The van der Waals surface area contributed by atoms with Crippen molar-refractivity contribution >= 4 is 0 Å². The fourth-order valence-electron chi connectivity index (χ4n) is 2.36. The summed E-state index contributed by atoms with van der Waals surface area (Å²) in [5.41, 5.74) is 1.42. The molecule has 1 heterocycles. The SMILES string of the molecule is C[C@@H]1CNCCN1[C@@H](C)c1ccccc1. The third-order valence-electron chi connectivity index (χ3n) is 3.33. The molecule has 1 fully saturated rings. The molecule has 1 aliphatic rings. The van der Waals surface area contributed by atoms with E-state index in [-0.39, 0.29) is 0 Å². The molecule has 2 nitrogen and oxygen atoms in total. The lowest BCUT2D eigenvalue weighted by atomic mass is 10.0. The van der Waals surface area contributed by atoms with Gasteiger partial charge in [0.15, 0.2) is 0 Å². The highest BCUT2D eigenvalue weighted by Crippen LogP contribution is 2.22. The van der Waals surface area contributed by atoms with E-state index in [9.17, 15) is 0 Å². The fraction of sp³-hybridized carbons (Fsp3) is 0.538. The molecule has 0 amide bonds. The summed E-state index contributed by atoms with van der Waals surface area (Å²) in [5.74, 6) is 0. The second-order valence-electron chi connectivity index (χ2n) is 4.38. The maximum atomic E-state index is 3.43. The summed E-state index contributed by atoms with van der Waals surface area (Å²) in [4.78, 5) is 2.58. The standard InChI is InChI=1S/C13H20N2/c1-11-10-14-8-9-15(11)12(2)13-6-4-3-5-7-13/h3-7,11-12,14H,8-10H2,1-2H3/t11-,12+/m1/s1. The van der Waals surface area contributed by atoms with E-state index >= 15 is 0 Å². The van der Waals surface area contributed by atoms with Crippen LogP contribution in [0.15, 0.2) is 30.3 Å². The summed E-state index contributed by atoms with van der Waals surface area (Å²) >= 11 is 0. The van der Waals surface area contributed by atoms with Gasteiger partial charge < -0.3 is 5.32 Å². The quantitative estimate of drug-likeness (QED) is 0.793. The molecule has 2 rings (SSSR count). The minimum atomic E-state index is 0.531. The van der Waals surface area contributed by atoms with E-state index in [1.165, 1.54) is 5.56 Å². The summed E-state index contributed by atoms with van der Waals surface area (Å²) in [6.45, 7) is 7.97. The molecule has 2 atom stereocenters. The van der Waals surface area contributed by atoms with Crippen LogP contribution in [0.3, 0.4) is 0 Å². The Morgan fingerprint density at radius 2 is 2.07 bits per heavy atom. The van der Waals surface area contributed by atoms with E-state index in [0.29, 0.717) is 12.1 Å². The van der Waals surface area contributed by atoms with Crippen LogP contribution in [0.25, 0.3) is 0 Å². The molecule has 0 aromatic heterocycles. The summed E-state index contributed by atoms with van der Waals surface area (Å²) in [6.07, 6.45) is 0. The van der Waals surface area contributed by atoms with Crippen LogP contribution in [0.1, 0.15) is 25.5 Å². The molecule has 0 unspecified atom stereocenters. The van der Waals surface area contributed by atoms with Crippen LogP contribution in [-0.2, 0) is 0 Å². The molecule has 1 saturated heterocycles. The molecule has 0 aliphatic carbocycles. The van der Waals surface area contributed by atoms with Crippen LogP contribution in [0.2, 0.25) is 0 Å². The van der Waals surface area contributed by atoms with E-state index < -0.39 is 0 Å². The van der Waals surface area contributed by atoms with Crippen molar-refractivity contribution in [2.75, 3.05) is 19.6 Å². The number of hydrogen-bond donors (Lipinski definition) is 1. The molecule has 1 aliphatic heterocycles.